The number of hydrogen-bond donors (Lipinski definition) is 0. The van der Waals surface area contributed by atoms with E-state index in [1.165, 1.54) is 6.07 Å². The molecule has 5 aromatic rings. The van der Waals surface area contributed by atoms with Gasteiger partial charge in [0.05, 0.1) is 42.0 Å². The van der Waals surface area contributed by atoms with Crippen LogP contribution in [0.4, 0.5) is 4.39 Å². The van der Waals surface area contributed by atoms with E-state index in [0.29, 0.717) is 28.0 Å². The Labute approximate surface area is 266 Å². The predicted octanol–water partition coefficient (Wildman–Crippen LogP) is 7.04. The van der Waals surface area contributed by atoms with E-state index in [1.807, 2.05) is 36.3 Å². The number of nitrogens with zero attached hydrogens (tertiary/aromatic N) is 5. The number of para-hydroxylation sites is 1. The van der Waals surface area contributed by atoms with Gasteiger partial charge in [0.2, 0.25) is 0 Å². The Bertz CT molecular complexity index is 1890. The molecule has 2 atom stereocenters. The highest BCUT2D eigenvalue weighted by Crippen LogP contribution is 2.50. The van der Waals surface area contributed by atoms with Crippen molar-refractivity contribution in [3.63, 3.8) is 0 Å². The molecule has 2 fully saturated rings. The van der Waals surface area contributed by atoms with Crippen molar-refractivity contribution in [2.75, 3.05) is 19.7 Å². The molecule has 0 N–H and O–H groups in total. The van der Waals surface area contributed by atoms with E-state index in [0.717, 1.165) is 85.6 Å². The maximum absolute atomic E-state index is 14.9. The summed E-state index contributed by atoms with van der Waals surface area (Å²) in [5, 5.41) is 4.68. The maximum Gasteiger partial charge on any atom is 0.278 e. The summed E-state index contributed by atoms with van der Waals surface area (Å²) in [6.45, 7) is 6.04. The largest absolute Gasteiger partial charge is 0.444 e. The van der Waals surface area contributed by atoms with E-state index in [9.17, 15) is 4.39 Å². The lowest BCUT2D eigenvalue weighted by Crippen LogP contribution is -2.35. The molecular formula is C35H35ClFN5O3. The number of benzene rings is 3. The quantitative estimate of drug-likeness (QED) is 0.193. The highest BCUT2D eigenvalue weighted by molar-refractivity contribution is 6.30. The summed E-state index contributed by atoms with van der Waals surface area (Å²) in [4.78, 5) is 7.65. The molecule has 0 saturated carbocycles. The van der Waals surface area contributed by atoms with Crippen LogP contribution in [-0.4, -0.2) is 50.0 Å². The molecule has 2 saturated heterocycles. The second-order valence-corrected chi connectivity index (χ2v) is 13.0. The number of likely N-dealkylation sites (tertiary alicyclic amines) is 1. The predicted molar refractivity (Wildman–Crippen MR) is 170 cm³/mol. The summed E-state index contributed by atoms with van der Waals surface area (Å²) in [6.07, 6.45) is 7.18. The second-order valence-electron chi connectivity index (χ2n) is 12.5. The molecule has 0 spiro atoms. The molecule has 0 amide bonds. The van der Waals surface area contributed by atoms with E-state index in [1.54, 1.807) is 19.1 Å². The van der Waals surface area contributed by atoms with Crippen molar-refractivity contribution in [3.05, 3.63) is 94.8 Å². The van der Waals surface area contributed by atoms with Crippen molar-refractivity contribution in [2.45, 2.75) is 57.1 Å². The second kappa shape index (κ2) is 11.2. The Morgan fingerprint density at radius 2 is 1.87 bits per heavy atom. The normalized spacial score (nSPS) is 21.8. The number of aromatic nitrogens is 4. The summed E-state index contributed by atoms with van der Waals surface area (Å²) in [6, 6.07) is 17.1. The van der Waals surface area contributed by atoms with Gasteiger partial charge in [-0.25, -0.2) is 9.37 Å². The molecule has 10 heteroatoms. The Morgan fingerprint density at radius 3 is 2.60 bits per heavy atom. The molecule has 8 rings (SSSR count). The van der Waals surface area contributed by atoms with Crippen LogP contribution in [0.1, 0.15) is 49.1 Å². The van der Waals surface area contributed by atoms with E-state index in [-0.39, 0.29) is 6.10 Å². The SMILES string of the molecule is Cn1cc(-c2ccc3c(c2)nc(CN2CCC(c4cccc5c4OC(C)(c4ccc(Cl)cc4F)O5)CC2)n3C[C@@H]2CCO2)cn1. The summed E-state index contributed by atoms with van der Waals surface area (Å²) in [5.74, 6) is 1.02. The van der Waals surface area contributed by atoms with Gasteiger partial charge < -0.3 is 18.8 Å². The summed E-state index contributed by atoms with van der Waals surface area (Å²) in [5.41, 5.74) is 5.77. The van der Waals surface area contributed by atoms with Gasteiger partial charge in [0, 0.05) is 42.9 Å². The Morgan fingerprint density at radius 1 is 1.02 bits per heavy atom. The van der Waals surface area contributed by atoms with Gasteiger partial charge in [-0.1, -0.05) is 29.8 Å². The zero-order chi connectivity index (χ0) is 30.7. The maximum atomic E-state index is 14.9. The lowest BCUT2D eigenvalue weighted by atomic mass is 9.88. The monoisotopic (exact) mass is 627 g/mol. The van der Waals surface area contributed by atoms with Crippen LogP contribution in [0, 0.1) is 5.82 Å². The van der Waals surface area contributed by atoms with Gasteiger partial charge in [0.15, 0.2) is 11.5 Å². The van der Waals surface area contributed by atoms with E-state index < -0.39 is 11.6 Å². The molecule has 3 aromatic carbocycles. The van der Waals surface area contributed by atoms with Gasteiger partial charge in [-0.05, 0) is 80.2 Å². The minimum atomic E-state index is -1.26. The number of rotatable bonds is 7. The summed E-state index contributed by atoms with van der Waals surface area (Å²) in [7, 11) is 1.93. The number of aryl methyl sites for hydroxylation is 1. The first-order chi connectivity index (χ1) is 21.8. The fourth-order valence-electron chi connectivity index (χ4n) is 6.93. The highest BCUT2D eigenvalue weighted by atomic mass is 35.5. The fourth-order valence-corrected chi connectivity index (χ4v) is 7.08. The van der Waals surface area contributed by atoms with Crippen LogP contribution in [0.2, 0.25) is 5.02 Å². The van der Waals surface area contributed by atoms with Crippen LogP contribution in [0.5, 0.6) is 11.5 Å². The Hall–Kier alpha value is -3.92. The fraction of sp³-hybridized carbons (Fsp3) is 0.371. The standard InChI is InChI=1S/C35H35ClFN5O3/c1-35(28-8-7-25(36)17-29(28)37)44-32-5-3-4-27(34(32)45-35)22-10-13-41(14-11-22)21-33-39-30-16-23(24-18-38-40(2)19-24)6-9-31(30)42(33)20-26-12-15-43-26/h3-9,16-19,22,26H,10-15,20-21H2,1-2H3/t26-,35?/m0/s1. The first kappa shape index (κ1) is 28.5. The molecule has 0 aliphatic carbocycles. The number of imidazole rings is 1. The third kappa shape index (κ3) is 5.26. The Balaban J connectivity index is 1.000. The molecule has 5 heterocycles. The van der Waals surface area contributed by atoms with Crippen LogP contribution in [0.15, 0.2) is 67.0 Å². The van der Waals surface area contributed by atoms with Crippen molar-refractivity contribution in [2.24, 2.45) is 7.05 Å². The van der Waals surface area contributed by atoms with Gasteiger partial charge in [0.25, 0.3) is 5.79 Å². The van der Waals surface area contributed by atoms with Gasteiger partial charge in [-0.15, -0.1) is 0 Å². The Kier molecular flexibility index (Phi) is 7.08. The molecule has 3 aliphatic rings. The molecule has 232 valence electrons. The molecule has 0 bridgehead atoms. The smallest absolute Gasteiger partial charge is 0.278 e. The van der Waals surface area contributed by atoms with Gasteiger partial charge >= 0.3 is 0 Å². The van der Waals surface area contributed by atoms with Crippen LogP contribution in [0.25, 0.3) is 22.2 Å². The highest BCUT2D eigenvalue weighted by Gasteiger charge is 2.43. The third-order valence-corrected chi connectivity index (χ3v) is 9.70. The minimum Gasteiger partial charge on any atom is -0.444 e. The summed E-state index contributed by atoms with van der Waals surface area (Å²) >= 11 is 6.00. The van der Waals surface area contributed by atoms with Crippen LogP contribution < -0.4 is 9.47 Å². The summed E-state index contributed by atoms with van der Waals surface area (Å²) < 4.78 is 37.5. The van der Waals surface area contributed by atoms with E-state index in [4.69, 9.17) is 30.8 Å². The van der Waals surface area contributed by atoms with Crippen molar-refractivity contribution >= 4 is 22.6 Å². The van der Waals surface area contributed by atoms with Crippen molar-refractivity contribution in [1.29, 1.82) is 0 Å². The lowest BCUT2D eigenvalue weighted by Gasteiger charge is -2.33. The zero-order valence-electron chi connectivity index (χ0n) is 25.4. The number of fused-ring (bicyclic) bond motifs is 2. The van der Waals surface area contributed by atoms with Crippen LogP contribution in [-0.2, 0) is 30.7 Å². The molecule has 1 unspecified atom stereocenters. The van der Waals surface area contributed by atoms with Gasteiger partial charge in [-0.2, -0.15) is 5.10 Å². The van der Waals surface area contributed by atoms with E-state index in [2.05, 4.69) is 38.8 Å². The average molecular weight is 628 g/mol. The first-order valence-electron chi connectivity index (χ1n) is 15.6. The van der Waals surface area contributed by atoms with Gasteiger partial charge in [-0.3, -0.25) is 9.58 Å². The van der Waals surface area contributed by atoms with Crippen LogP contribution >= 0.6 is 11.6 Å². The lowest BCUT2D eigenvalue weighted by molar-refractivity contribution is -0.0712. The average Bonchev–Trinajstić information content (AvgIpc) is 3.69. The number of ether oxygens (including phenoxy) is 3. The minimum absolute atomic E-state index is 0.235. The van der Waals surface area contributed by atoms with Crippen molar-refractivity contribution < 1.29 is 18.6 Å². The number of piperidine rings is 1. The number of halogens is 2. The van der Waals surface area contributed by atoms with E-state index >= 15 is 0 Å². The first-order valence-corrected chi connectivity index (χ1v) is 16.0. The molecule has 45 heavy (non-hydrogen) atoms. The molecular weight excluding hydrogens is 593 g/mol. The molecule has 0 radical (unpaired) electrons. The topological polar surface area (TPSA) is 66.6 Å². The number of hydrogen-bond acceptors (Lipinski definition) is 6. The third-order valence-electron chi connectivity index (χ3n) is 9.47. The van der Waals surface area contributed by atoms with Crippen molar-refractivity contribution in [1.82, 2.24) is 24.2 Å². The zero-order valence-corrected chi connectivity index (χ0v) is 26.1. The van der Waals surface area contributed by atoms with Crippen LogP contribution in [0.3, 0.4) is 0 Å². The molecule has 3 aliphatic heterocycles. The van der Waals surface area contributed by atoms with Gasteiger partial charge in [0.1, 0.15) is 11.6 Å². The van der Waals surface area contributed by atoms with Crippen molar-refractivity contribution in [3.8, 4) is 22.6 Å². The molecule has 2 aromatic heterocycles. The molecule has 8 nitrogen and oxygen atoms in total.